The summed E-state index contributed by atoms with van der Waals surface area (Å²) in [5, 5.41) is 23.3. The summed E-state index contributed by atoms with van der Waals surface area (Å²) < 4.78 is 21.0. The van der Waals surface area contributed by atoms with Crippen LogP contribution in [0.3, 0.4) is 0 Å². The molecular formula is C34H67N3O10. The van der Waals surface area contributed by atoms with Gasteiger partial charge in [-0.1, -0.05) is 96.8 Å². The van der Waals surface area contributed by atoms with Gasteiger partial charge in [0.25, 0.3) is 0 Å². The molecule has 0 rings (SSSR count). The van der Waals surface area contributed by atoms with E-state index in [1.165, 1.54) is 77.0 Å². The number of carbonyl (C=O) groups excluding carboxylic acids is 2. The van der Waals surface area contributed by atoms with Crippen LogP contribution in [0, 0.1) is 0 Å². The van der Waals surface area contributed by atoms with Crippen molar-refractivity contribution in [1.82, 2.24) is 16.1 Å². The first-order valence-corrected chi connectivity index (χ1v) is 18.1. The van der Waals surface area contributed by atoms with Crippen molar-refractivity contribution < 1.29 is 48.4 Å². The number of hydrogen-bond acceptors (Lipinski definition) is 10. The second kappa shape index (κ2) is 37.0. The third kappa shape index (κ3) is 35.3. The van der Waals surface area contributed by atoms with Gasteiger partial charge in [-0.25, -0.2) is 10.3 Å². The lowest BCUT2D eigenvalue weighted by Gasteiger charge is -2.15. The molecule has 0 aromatic carbocycles. The van der Waals surface area contributed by atoms with Crippen molar-refractivity contribution in [2.45, 2.75) is 122 Å². The Morgan fingerprint density at radius 2 is 1.11 bits per heavy atom. The zero-order valence-electron chi connectivity index (χ0n) is 29.2. The molecule has 47 heavy (non-hydrogen) atoms. The fourth-order valence-corrected chi connectivity index (χ4v) is 4.70. The molecule has 0 bridgehead atoms. The molecule has 5 N–H and O–H groups in total. The van der Waals surface area contributed by atoms with Crippen LogP contribution in [0.5, 0.6) is 0 Å². The van der Waals surface area contributed by atoms with Crippen molar-refractivity contribution in [1.29, 1.82) is 0 Å². The number of aliphatic hydroxyl groups is 1. The van der Waals surface area contributed by atoms with E-state index in [4.69, 9.17) is 28.9 Å². The largest absolute Gasteiger partial charge is 0.480 e. The number of nitrogens with one attached hydrogen (secondary N) is 3. The zero-order valence-corrected chi connectivity index (χ0v) is 29.2. The third-order valence-electron chi connectivity index (χ3n) is 7.38. The first kappa shape index (κ1) is 45.1. The number of hydroxylamine groups is 1. The Kier molecular flexibility index (Phi) is 35.5. The van der Waals surface area contributed by atoms with Crippen molar-refractivity contribution in [3.05, 3.63) is 0 Å². The topological polar surface area (TPSA) is 174 Å². The highest BCUT2D eigenvalue weighted by atomic mass is 16.6. The molecule has 0 aliphatic carbocycles. The summed E-state index contributed by atoms with van der Waals surface area (Å²) in [6, 6.07) is -0.990. The molecule has 0 spiro atoms. The van der Waals surface area contributed by atoms with Crippen molar-refractivity contribution in [3.8, 4) is 0 Å². The maximum absolute atomic E-state index is 12.2. The summed E-state index contributed by atoms with van der Waals surface area (Å²) >= 11 is 0. The number of carboxylic acid groups (broad SMARTS) is 1. The van der Waals surface area contributed by atoms with Gasteiger partial charge in [0.2, 0.25) is 11.8 Å². The minimum Gasteiger partial charge on any atom is -0.480 e. The van der Waals surface area contributed by atoms with Gasteiger partial charge < -0.3 is 44.6 Å². The van der Waals surface area contributed by atoms with Gasteiger partial charge in [0.1, 0.15) is 12.6 Å². The van der Waals surface area contributed by atoms with E-state index < -0.39 is 12.0 Å². The van der Waals surface area contributed by atoms with Crippen molar-refractivity contribution in [2.75, 3.05) is 79.2 Å². The highest BCUT2D eigenvalue weighted by molar-refractivity contribution is 5.83. The minimum atomic E-state index is -1.08. The number of carboxylic acids is 1. The van der Waals surface area contributed by atoms with Gasteiger partial charge in [0.05, 0.1) is 59.5 Å². The van der Waals surface area contributed by atoms with Gasteiger partial charge in [-0.15, -0.1) is 0 Å². The fourth-order valence-electron chi connectivity index (χ4n) is 4.70. The summed E-state index contributed by atoms with van der Waals surface area (Å²) in [5.41, 5.74) is 2.71. The fraction of sp³-hybridized carbons (Fsp3) is 0.912. The summed E-state index contributed by atoms with van der Waals surface area (Å²) in [6.45, 7) is 5.35. The van der Waals surface area contributed by atoms with Crippen LogP contribution in [-0.4, -0.2) is 113 Å². The molecule has 13 nitrogen and oxygen atoms in total. The number of ether oxygens (including phenoxy) is 4. The van der Waals surface area contributed by atoms with Crippen molar-refractivity contribution in [3.63, 3.8) is 0 Å². The molecule has 0 aromatic heterocycles. The Balaban J connectivity index is 3.54. The molecular weight excluding hydrogens is 610 g/mol. The van der Waals surface area contributed by atoms with E-state index in [-0.39, 0.29) is 51.3 Å². The molecule has 278 valence electrons. The van der Waals surface area contributed by atoms with Gasteiger partial charge >= 0.3 is 5.97 Å². The SMILES string of the molecule is CCCCCCCCCCCCCCCCCC(=O)NC(CCONCCOCCOCC(=O)NCCOCCOCCO)C(=O)O. The lowest BCUT2D eigenvalue weighted by atomic mass is 10.0. The van der Waals surface area contributed by atoms with Crippen LogP contribution in [0.25, 0.3) is 0 Å². The lowest BCUT2D eigenvalue weighted by Crippen LogP contribution is -2.41. The Morgan fingerprint density at radius 1 is 0.596 bits per heavy atom. The molecule has 1 atom stereocenters. The molecule has 13 heteroatoms. The van der Waals surface area contributed by atoms with E-state index in [0.717, 1.165) is 19.3 Å². The first-order valence-electron chi connectivity index (χ1n) is 18.1. The van der Waals surface area contributed by atoms with Crippen LogP contribution < -0.4 is 16.1 Å². The normalized spacial score (nSPS) is 11.9. The molecule has 0 heterocycles. The lowest BCUT2D eigenvalue weighted by molar-refractivity contribution is -0.142. The van der Waals surface area contributed by atoms with Gasteiger partial charge in [-0.05, 0) is 6.42 Å². The Morgan fingerprint density at radius 3 is 1.66 bits per heavy atom. The molecule has 2 amide bonds. The third-order valence-corrected chi connectivity index (χ3v) is 7.38. The van der Waals surface area contributed by atoms with E-state index >= 15 is 0 Å². The predicted octanol–water partition coefficient (Wildman–Crippen LogP) is 3.90. The summed E-state index contributed by atoms with van der Waals surface area (Å²) in [5.74, 6) is -1.57. The van der Waals surface area contributed by atoms with E-state index in [9.17, 15) is 19.5 Å². The Bertz CT molecular complexity index is 718. The van der Waals surface area contributed by atoms with Crippen LogP contribution >= 0.6 is 0 Å². The van der Waals surface area contributed by atoms with Gasteiger partial charge in [-0.2, -0.15) is 0 Å². The molecule has 0 radical (unpaired) electrons. The summed E-state index contributed by atoms with van der Waals surface area (Å²) in [7, 11) is 0. The van der Waals surface area contributed by atoms with Crippen LogP contribution in [0.2, 0.25) is 0 Å². The van der Waals surface area contributed by atoms with E-state index in [2.05, 4.69) is 23.0 Å². The smallest absolute Gasteiger partial charge is 0.326 e. The molecule has 0 saturated carbocycles. The van der Waals surface area contributed by atoms with E-state index in [1.807, 2.05) is 0 Å². The average Bonchev–Trinajstić information content (AvgIpc) is 3.05. The van der Waals surface area contributed by atoms with Gasteiger partial charge in [0, 0.05) is 25.9 Å². The number of carbonyl (C=O) groups is 3. The van der Waals surface area contributed by atoms with Crippen molar-refractivity contribution in [2.24, 2.45) is 0 Å². The quantitative estimate of drug-likeness (QED) is 0.0474. The molecule has 0 aliphatic heterocycles. The summed E-state index contributed by atoms with van der Waals surface area (Å²) in [6.07, 6.45) is 19.3. The number of aliphatic carboxylic acids is 1. The van der Waals surface area contributed by atoms with E-state index in [0.29, 0.717) is 52.5 Å². The minimum absolute atomic E-state index is 0.0223. The van der Waals surface area contributed by atoms with Crippen LogP contribution in [0.1, 0.15) is 116 Å². The van der Waals surface area contributed by atoms with Crippen LogP contribution in [0.15, 0.2) is 0 Å². The van der Waals surface area contributed by atoms with Crippen LogP contribution in [-0.2, 0) is 38.2 Å². The number of hydrogen-bond donors (Lipinski definition) is 5. The highest BCUT2D eigenvalue weighted by Crippen LogP contribution is 2.13. The number of rotatable bonds is 38. The monoisotopic (exact) mass is 677 g/mol. The summed E-state index contributed by atoms with van der Waals surface area (Å²) in [4.78, 5) is 40.7. The Labute approximate surface area is 283 Å². The number of amides is 2. The molecule has 0 fully saturated rings. The maximum atomic E-state index is 12.2. The molecule has 0 saturated heterocycles. The molecule has 0 aliphatic rings. The van der Waals surface area contributed by atoms with Crippen LogP contribution in [0.4, 0.5) is 0 Å². The second-order valence-corrected chi connectivity index (χ2v) is 11.7. The Hall–Kier alpha value is -1.87. The molecule has 0 aromatic rings. The molecule has 1 unspecified atom stereocenters. The van der Waals surface area contributed by atoms with E-state index in [1.54, 1.807) is 0 Å². The first-order chi connectivity index (χ1) is 23.0. The average molecular weight is 678 g/mol. The number of aliphatic hydroxyl groups excluding tert-OH is 1. The highest BCUT2D eigenvalue weighted by Gasteiger charge is 2.19. The zero-order chi connectivity index (χ0) is 34.5. The maximum Gasteiger partial charge on any atom is 0.326 e. The van der Waals surface area contributed by atoms with Crippen molar-refractivity contribution >= 4 is 17.8 Å². The van der Waals surface area contributed by atoms with Gasteiger partial charge in [-0.3, -0.25) is 9.59 Å². The standard InChI is InChI=1S/C34H67N3O10/c1-2-3-4-5-6-7-8-9-10-11-12-13-14-15-16-17-32(39)37-31(34(41)42)18-22-47-36-20-24-44-28-29-46-30-33(40)35-19-23-43-26-27-45-25-21-38/h31,36,38H,2-30H2,1H3,(H,35,40)(H,37,39)(H,41,42). The predicted molar refractivity (Wildman–Crippen MR) is 181 cm³/mol. The second-order valence-electron chi connectivity index (χ2n) is 11.7. The number of unbranched alkanes of at least 4 members (excludes halogenated alkanes) is 14. The van der Waals surface area contributed by atoms with Gasteiger partial charge in [0.15, 0.2) is 0 Å².